The average molecular weight is 561 g/mol. The molecule has 1 heterocycles. The summed E-state index contributed by atoms with van der Waals surface area (Å²) in [5, 5.41) is 5.86. The third-order valence-electron chi connectivity index (χ3n) is 4.39. The largest absolute Gasteiger partial charge is 0.496 e. The fourth-order valence-electron chi connectivity index (χ4n) is 2.91. The first-order chi connectivity index (χ1) is 14.9. The van der Waals surface area contributed by atoms with Gasteiger partial charge in [-0.15, -0.1) is 0 Å². The number of rotatable bonds is 4. The Balaban J connectivity index is 1.50. The lowest BCUT2D eigenvalue weighted by Crippen LogP contribution is -2.34. The van der Waals surface area contributed by atoms with Gasteiger partial charge in [0.1, 0.15) is 11.3 Å². The quantitative estimate of drug-likeness (QED) is 0.291. The summed E-state index contributed by atoms with van der Waals surface area (Å²) in [7, 11) is 1.61. The molecular formula is C22H15Br2N3O3S. The minimum Gasteiger partial charge on any atom is -0.496 e. The molecule has 0 unspecified atom stereocenters. The van der Waals surface area contributed by atoms with Crippen LogP contribution < -0.4 is 15.4 Å². The zero-order chi connectivity index (χ0) is 22.0. The van der Waals surface area contributed by atoms with E-state index in [1.165, 1.54) is 0 Å². The molecule has 0 spiro atoms. The van der Waals surface area contributed by atoms with Gasteiger partial charge < -0.3 is 14.5 Å². The highest BCUT2D eigenvalue weighted by atomic mass is 79.9. The minimum atomic E-state index is -0.306. The van der Waals surface area contributed by atoms with Crippen LogP contribution in [0.15, 0.2) is 74.0 Å². The van der Waals surface area contributed by atoms with Crippen molar-refractivity contribution in [2.75, 3.05) is 12.4 Å². The van der Waals surface area contributed by atoms with Crippen molar-refractivity contribution in [3.63, 3.8) is 0 Å². The predicted octanol–water partition coefficient (Wildman–Crippen LogP) is 6.16. The van der Waals surface area contributed by atoms with Crippen LogP contribution in [0, 0.1) is 0 Å². The monoisotopic (exact) mass is 559 g/mol. The van der Waals surface area contributed by atoms with Crippen LogP contribution >= 0.6 is 44.1 Å². The van der Waals surface area contributed by atoms with Crippen molar-refractivity contribution in [2.45, 2.75) is 0 Å². The zero-order valence-electron chi connectivity index (χ0n) is 16.1. The maximum Gasteiger partial charge on any atom is 0.258 e. The number of amides is 1. The van der Waals surface area contributed by atoms with Crippen LogP contribution in [0.2, 0.25) is 0 Å². The summed E-state index contributed by atoms with van der Waals surface area (Å²) >= 11 is 12.1. The number of halogens is 2. The first-order valence-electron chi connectivity index (χ1n) is 9.06. The number of aromatic nitrogens is 1. The highest BCUT2D eigenvalue weighted by Crippen LogP contribution is 2.32. The molecule has 1 amide bonds. The molecule has 3 aromatic carbocycles. The van der Waals surface area contributed by atoms with Crippen molar-refractivity contribution in [3.05, 3.63) is 75.2 Å². The Morgan fingerprint density at radius 2 is 1.87 bits per heavy atom. The number of carbonyl (C=O) groups excluding carboxylic acids is 1. The summed E-state index contributed by atoms with van der Waals surface area (Å²) < 4.78 is 12.6. The second-order valence-corrected chi connectivity index (χ2v) is 8.56. The van der Waals surface area contributed by atoms with Gasteiger partial charge in [-0.25, -0.2) is 4.98 Å². The molecule has 0 saturated carbocycles. The fraction of sp³-hybridized carbons (Fsp3) is 0.0455. The number of hydrogen-bond donors (Lipinski definition) is 2. The third-order valence-corrected chi connectivity index (χ3v) is 5.91. The molecule has 156 valence electrons. The number of methoxy groups -OCH3 is 1. The van der Waals surface area contributed by atoms with Crippen LogP contribution in [0.3, 0.4) is 0 Å². The Hall–Kier alpha value is -2.75. The molecule has 0 aliphatic carbocycles. The SMILES string of the molecule is COc1ccc(-c2nc3cc(NC(=S)NC(=O)c4ccccc4Br)ccc3o2)cc1Br. The van der Waals surface area contributed by atoms with E-state index in [0.29, 0.717) is 32.7 Å². The summed E-state index contributed by atoms with van der Waals surface area (Å²) in [6, 6.07) is 18.1. The molecule has 6 nitrogen and oxygen atoms in total. The molecule has 1 aromatic heterocycles. The summed E-state index contributed by atoms with van der Waals surface area (Å²) in [4.78, 5) is 17.0. The predicted molar refractivity (Wildman–Crippen MR) is 132 cm³/mol. The van der Waals surface area contributed by atoms with E-state index in [9.17, 15) is 4.79 Å². The molecule has 9 heteroatoms. The number of oxazole rings is 1. The van der Waals surface area contributed by atoms with Crippen molar-refractivity contribution < 1.29 is 13.9 Å². The molecule has 0 radical (unpaired) electrons. The molecule has 2 N–H and O–H groups in total. The van der Waals surface area contributed by atoms with Crippen LogP contribution in [-0.2, 0) is 0 Å². The van der Waals surface area contributed by atoms with Crippen LogP contribution in [0.25, 0.3) is 22.6 Å². The summed E-state index contributed by atoms with van der Waals surface area (Å²) in [5.41, 5.74) is 3.28. The first-order valence-corrected chi connectivity index (χ1v) is 11.1. The maximum atomic E-state index is 12.4. The van der Waals surface area contributed by atoms with Gasteiger partial charge in [0.05, 0.1) is 17.1 Å². The Labute approximate surface area is 200 Å². The summed E-state index contributed by atoms with van der Waals surface area (Å²) in [6.07, 6.45) is 0. The van der Waals surface area contributed by atoms with Gasteiger partial charge >= 0.3 is 0 Å². The van der Waals surface area contributed by atoms with Gasteiger partial charge in [0, 0.05) is 15.7 Å². The van der Waals surface area contributed by atoms with E-state index in [2.05, 4.69) is 47.5 Å². The van der Waals surface area contributed by atoms with Crippen LogP contribution in [0.1, 0.15) is 10.4 Å². The Kier molecular flexibility index (Phi) is 6.35. The molecule has 0 saturated heterocycles. The average Bonchev–Trinajstić information content (AvgIpc) is 3.17. The lowest BCUT2D eigenvalue weighted by atomic mass is 10.2. The first kappa shape index (κ1) is 21.5. The Morgan fingerprint density at radius 3 is 2.61 bits per heavy atom. The van der Waals surface area contributed by atoms with E-state index in [-0.39, 0.29) is 11.0 Å². The number of anilines is 1. The van der Waals surface area contributed by atoms with Gasteiger partial charge in [-0.2, -0.15) is 0 Å². The molecule has 0 aliphatic heterocycles. The van der Waals surface area contributed by atoms with Crippen molar-refractivity contribution in [2.24, 2.45) is 0 Å². The van der Waals surface area contributed by atoms with Gasteiger partial charge in [-0.3, -0.25) is 10.1 Å². The lowest BCUT2D eigenvalue weighted by molar-refractivity contribution is 0.0977. The molecule has 0 aliphatic rings. The van der Waals surface area contributed by atoms with E-state index in [4.69, 9.17) is 21.4 Å². The number of carbonyl (C=O) groups is 1. The number of hydrogen-bond acceptors (Lipinski definition) is 5. The number of thiocarbonyl (C=S) groups is 1. The molecule has 31 heavy (non-hydrogen) atoms. The second kappa shape index (κ2) is 9.17. The van der Waals surface area contributed by atoms with Crippen molar-refractivity contribution in [1.82, 2.24) is 10.3 Å². The topological polar surface area (TPSA) is 76.4 Å². The third kappa shape index (κ3) is 4.79. The number of nitrogens with zero attached hydrogens (tertiary/aromatic N) is 1. The molecule has 4 aromatic rings. The number of nitrogens with one attached hydrogen (secondary N) is 2. The highest BCUT2D eigenvalue weighted by molar-refractivity contribution is 9.10. The summed E-state index contributed by atoms with van der Waals surface area (Å²) in [5.74, 6) is 0.907. The van der Waals surface area contributed by atoms with Gasteiger partial charge in [0.2, 0.25) is 5.89 Å². The minimum absolute atomic E-state index is 0.183. The van der Waals surface area contributed by atoms with Gasteiger partial charge in [0.25, 0.3) is 5.91 Å². The van der Waals surface area contributed by atoms with Crippen molar-refractivity contribution in [3.8, 4) is 17.2 Å². The standard InChI is InChI=1S/C22H15Br2N3O3S/c1-29-18-8-6-12(10-16(18)24)21-26-17-11-13(7-9-19(17)30-21)25-22(31)27-20(28)14-4-2-3-5-15(14)23/h2-11H,1H3,(H2,25,27,28,31). The molecule has 4 rings (SSSR count). The van der Waals surface area contributed by atoms with Crippen LogP contribution in [0.4, 0.5) is 5.69 Å². The van der Waals surface area contributed by atoms with E-state index in [1.54, 1.807) is 43.5 Å². The smallest absolute Gasteiger partial charge is 0.258 e. The van der Waals surface area contributed by atoms with Gasteiger partial charge in [0.15, 0.2) is 10.7 Å². The Bertz CT molecular complexity index is 1310. The van der Waals surface area contributed by atoms with E-state index in [0.717, 1.165) is 15.8 Å². The molecule has 0 fully saturated rings. The molecular weight excluding hydrogens is 546 g/mol. The number of fused-ring (bicyclic) bond motifs is 1. The van der Waals surface area contributed by atoms with E-state index in [1.807, 2.05) is 24.3 Å². The van der Waals surface area contributed by atoms with E-state index >= 15 is 0 Å². The number of ether oxygens (including phenoxy) is 1. The van der Waals surface area contributed by atoms with Crippen LogP contribution in [0.5, 0.6) is 5.75 Å². The molecule has 0 atom stereocenters. The zero-order valence-corrected chi connectivity index (χ0v) is 20.1. The van der Waals surface area contributed by atoms with Gasteiger partial charge in [-0.1, -0.05) is 12.1 Å². The molecule has 0 bridgehead atoms. The highest BCUT2D eigenvalue weighted by Gasteiger charge is 2.13. The van der Waals surface area contributed by atoms with Crippen molar-refractivity contribution in [1.29, 1.82) is 0 Å². The fourth-order valence-corrected chi connectivity index (χ4v) is 4.12. The maximum absolute atomic E-state index is 12.4. The number of benzene rings is 3. The van der Waals surface area contributed by atoms with Crippen LogP contribution in [-0.4, -0.2) is 23.1 Å². The summed E-state index contributed by atoms with van der Waals surface area (Å²) in [6.45, 7) is 0. The van der Waals surface area contributed by atoms with E-state index < -0.39 is 0 Å². The van der Waals surface area contributed by atoms with Gasteiger partial charge in [-0.05, 0) is 92.6 Å². The second-order valence-electron chi connectivity index (χ2n) is 6.44. The van der Waals surface area contributed by atoms with Crippen molar-refractivity contribution >= 4 is 71.9 Å². The Morgan fingerprint density at radius 1 is 1.06 bits per heavy atom. The lowest BCUT2D eigenvalue weighted by Gasteiger charge is -2.10. The normalized spacial score (nSPS) is 10.7.